The van der Waals surface area contributed by atoms with E-state index < -0.39 is 0 Å². The van der Waals surface area contributed by atoms with Gasteiger partial charge in [0.25, 0.3) is 0 Å². The molecule has 0 radical (unpaired) electrons. The molecular formula is C6H10N6O2. The van der Waals surface area contributed by atoms with Crippen molar-refractivity contribution in [2.75, 3.05) is 0 Å². The van der Waals surface area contributed by atoms with Crippen molar-refractivity contribution in [1.82, 2.24) is 31.9 Å². The summed E-state index contributed by atoms with van der Waals surface area (Å²) in [5.74, 6) is 0. The van der Waals surface area contributed by atoms with E-state index in [2.05, 4.69) is 31.9 Å². The zero-order valence-corrected chi connectivity index (χ0v) is 7.13. The van der Waals surface area contributed by atoms with E-state index in [1.807, 2.05) is 0 Å². The van der Waals surface area contributed by atoms with Gasteiger partial charge in [-0.2, -0.15) is 0 Å². The number of carbonyl (C=O) groups is 2. The van der Waals surface area contributed by atoms with Crippen molar-refractivity contribution >= 4 is 12.1 Å². The molecule has 0 unspecified atom stereocenters. The van der Waals surface area contributed by atoms with Crippen molar-refractivity contribution in [3.05, 3.63) is 0 Å². The van der Waals surface area contributed by atoms with Gasteiger partial charge >= 0.3 is 12.1 Å². The van der Waals surface area contributed by atoms with Gasteiger partial charge in [-0.15, -0.1) is 0 Å². The van der Waals surface area contributed by atoms with E-state index >= 15 is 0 Å². The molecule has 14 heavy (non-hydrogen) atoms. The molecule has 0 aromatic rings. The molecule has 0 aromatic carbocycles. The van der Waals surface area contributed by atoms with Crippen LogP contribution in [-0.4, -0.2) is 36.7 Å². The summed E-state index contributed by atoms with van der Waals surface area (Å²) in [4.78, 5) is 22.0. The maximum absolute atomic E-state index is 11.0. The van der Waals surface area contributed by atoms with Crippen LogP contribution in [0.5, 0.6) is 0 Å². The first kappa shape index (κ1) is 7.83. The molecule has 3 rings (SSSR count). The van der Waals surface area contributed by atoms with E-state index in [-0.39, 0.29) is 36.7 Å². The molecule has 3 aliphatic heterocycles. The molecule has 8 nitrogen and oxygen atoms in total. The first-order valence-corrected chi connectivity index (χ1v) is 4.38. The Morgan fingerprint density at radius 3 is 1.21 bits per heavy atom. The Balaban J connectivity index is 1.77. The molecule has 6 N–H and O–H groups in total. The standard InChI is InChI=1S/C6H10N6O2/c13-5-9-1-2(10-5)8-4-3(7-1)11-6(14)12-4/h1-4,7-8H,(H2,9,10,13)(H2,11,12,14)/t1-,2-,3-,4+/m0/s1. The minimum atomic E-state index is -0.216. The number of rotatable bonds is 0. The van der Waals surface area contributed by atoms with E-state index in [1.54, 1.807) is 0 Å². The van der Waals surface area contributed by atoms with Gasteiger partial charge in [0.05, 0.1) is 0 Å². The second-order valence-corrected chi connectivity index (χ2v) is 3.48. The molecule has 8 heteroatoms. The lowest BCUT2D eigenvalue weighted by atomic mass is 10.2. The third kappa shape index (κ3) is 1.01. The van der Waals surface area contributed by atoms with Crippen molar-refractivity contribution in [3.63, 3.8) is 0 Å². The van der Waals surface area contributed by atoms with Crippen LogP contribution in [0.15, 0.2) is 0 Å². The number of amides is 4. The summed E-state index contributed by atoms with van der Waals surface area (Å²) in [6, 6.07) is -0.433. The quantitative estimate of drug-likeness (QED) is 0.251. The van der Waals surface area contributed by atoms with E-state index in [4.69, 9.17) is 0 Å². The van der Waals surface area contributed by atoms with Crippen molar-refractivity contribution < 1.29 is 9.59 Å². The lowest BCUT2D eigenvalue weighted by molar-refractivity contribution is 0.207. The zero-order valence-electron chi connectivity index (χ0n) is 7.13. The Morgan fingerprint density at radius 2 is 0.929 bits per heavy atom. The van der Waals surface area contributed by atoms with Crippen molar-refractivity contribution in [3.8, 4) is 0 Å². The van der Waals surface area contributed by atoms with E-state index in [0.29, 0.717) is 0 Å². The minimum absolute atomic E-state index is 0.191. The Kier molecular flexibility index (Phi) is 1.39. The minimum Gasteiger partial charge on any atom is -0.319 e. The van der Waals surface area contributed by atoms with Gasteiger partial charge in [-0.25, -0.2) is 9.59 Å². The van der Waals surface area contributed by atoms with Crippen LogP contribution >= 0.6 is 0 Å². The number of carbonyl (C=O) groups excluding carboxylic acids is 2. The summed E-state index contributed by atoms with van der Waals surface area (Å²) < 4.78 is 0. The van der Waals surface area contributed by atoms with E-state index in [1.165, 1.54) is 0 Å². The molecule has 3 fully saturated rings. The average molecular weight is 198 g/mol. The largest absolute Gasteiger partial charge is 0.319 e. The molecule has 0 aromatic heterocycles. The van der Waals surface area contributed by atoms with Gasteiger partial charge in [0.2, 0.25) is 0 Å². The SMILES string of the molecule is O=C1N[C@@H]2N[C@H]3NC(=O)N[C@H]3N[C@H]2N1. The monoisotopic (exact) mass is 198 g/mol. The van der Waals surface area contributed by atoms with Gasteiger partial charge in [0.1, 0.15) is 24.7 Å². The zero-order chi connectivity index (χ0) is 9.71. The van der Waals surface area contributed by atoms with Gasteiger partial charge < -0.3 is 21.3 Å². The summed E-state index contributed by atoms with van der Waals surface area (Å²) in [5, 5.41) is 16.9. The van der Waals surface area contributed by atoms with Gasteiger partial charge in [-0.1, -0.05) is 0 Å². The fourth-order valence-electron chi connectivity index (χ4n) is 1.92. The highest BCUT2D eigenvalue weighted by Gasteiger charge is 2.45. The molecule has 4 amide bonds. The normalized spacial score (nSPS) is 44.3. The summed E-state index contributed by atoms with van der Waals surface area (Å²) in [6.45, 7) is 0. The van der Waals surface area contributed by atoms with Gasteiger partial charge in [0.15, 0.2) is 0 Å². The van der Waals surface area contributed by atoms with Crippen molar-refractivity contribution in [1.29, 1.82) is 0 Å². The van der Waals surface area contributed by atoms with Crippen LogP contribution in [0.3, 0.4) is 0 Å². The van der Waals surface area contributed by atoms with Crippen LogP contribution in [0.2, 0.25) is 0 Å². The van der Waals surface area contributed by atoms with Crippen LogP contribution < -0.4 is 31.9 Å². The molecule has 0 aliphatic carbocycles. The van der Waals surface area contributed by atoms with Gasteiger partial charge in [-0.05, 0) is 0 Å². The Labute approximate surface area is 79.2 Å². The molecular weight excluding hydrogens is 188 g/mol. The molecule has 3 heterocycles. The predicted octanol–water partition coefficient (Wildman–Crippen LogP) is -2.89. The maximum atomic E-state index is 11.0. The lowest BCUT2D eigenvalue weighted by Gasteiger charge is -2.34. The maximum Gasteiger partial charge on any atom is 0.317 e. The Bertz CT molecular complexity index is 253. The lowest BCUT2D eigenvalue weighted by Crippen LogP contribution is -2.71. The third-order valence-electron chi connectivity index (χ3n) is 2.53. The highest BCUT2D eigenvalue weighted by molar-refractivity contribution is 5.79. The Morgan fingerprint density at radius 1 is 0.643 bits per heavy atom. The van der Waals surface area contributed by atoms with Gasteiger partial charge in [-0.3, -0.25) is 10.6 Å². The fraction of sp³-hybridized carbons (Fsp3) is 0.667. The topological polar surface area (TPSA) is 106 Å². The Hall–Kier alpha value is -1.54. The van der Waals surface area contributed by atoms with Crippen LogP contribution in [0.25, 0.3) is 0 Å². The summed E-state index contributed by atoms with van der Waals surface area (Å²) in [6.07, 6.45) is -0.763. The highest BCUT2D eigenvalue weighted by atomic mass is 16.2. The second-order valence-electron chi connectivity index (χ2n) is 3.48. The molecule has 3 saturated heterocycles. The third-order valence-corrected chi connectivity index (χ3v) is 2.53. The summed E-state index contributed by atoms with van der Waals surface area (Å²) >= 11 is 0. The molecule has 3 aliphatic rings. The number of nitrogens with one attached hydrogen (secondary N) is 6. The van der Waals surface area contributed by atoms with Crippen LogP contribution in [0.4, 0.5) is 9.59 Å². The molecule has 0 saturated carbocycles. The molecule has 4 atom stereocenters. The van der Waals surface area contributed by atoms with Gasteiger partial charge in [0, 0.05) is 0 Å². The van der Waals surface area contributed by atoms with E-state index in [9.17, 15) is 9.59 Å². The smallest absolute Gasteiger partial charge is 0.317 e. The molecule has 76 valence electrons. The number of piperazine rings is 1. The summed E-state index contributed by atoms with van der Waals surface area (Å²) in [7, 11) is 0. The average Bonchev–Trinajstić information content (AvgIpc) is 2.59. The van der Waals surface area contributed by atoms with Crippen LogP contribution in [-0.2, 0) is 0 Å². The first-order valence-electron chi connectivity index (χ1n) is 4.38. The predicted molar refractivity (Wildman–Crippen MR) is 44.8 cm³/mol. The van der Waals surface area contributed by atoms with E-state index in [0.717, 1.165) is 0 Å². The van der Waals surface area contributed by atoms with Crippen LogP contribution in [0.1, 0.15) is 0 Å². The number of hydrogen-bond acceptors (Lipinski definition) is 4. The fourth-order valence-corrected chi connectivity index (χ4v) is 1.92. The number of urea groups is 2. The molecule has 0 spiro atoms. The highest BCUT2D eigenvalue weighted by Crippen LogP contribution is 2.08. The van der Waals surface area contributed by atoms with Crippen molar-refractivity contribution in [2.24, 2.45) is 0 Å². The molecule has 0 bridgehead atoms. The number of fused-ring (bicyclic) bond motifs is 2. The van der Waals surface area contributed by atoms with Crippen molar-refractivity contribution in [2.45, 2.75) is 24.7 Å². The van der Waals surface area contributed by atoms with Crippen LogP contribution in [0, 0.1) is 0 Å². The number of hydrogen-bond donors (Lipinski definition) is 6. The second kappa shape index (κ2) is 2.49. The summed E-state index contributed by atoms with van der Waals surface area (Å²) in [5.41, 5.74) is 0. The first-order chi connectivity index (χ1) is 6.72.